The zero-order valence-corrected chi connectivity index (χ0v) is 16.4. The van der Waals surface area contributed by atoms with Crippen LogP contribution < -0.4 is 10.3 Å². The Morgan fingerprint density at radius 1 is 1.09 bits per heavy atom. The molecule has 4 aromatic rings. The average Bonchev–Trinajstić information content (AvgIpc) is 3.22. The Labute approximate surface area is 177 Å². The lowest BCUT2D eigenvalue weighted by atomic mass is 9.97. The molecule has 0 bridgehead atoms. The first kappa shape index (κ1) is 21.5. The molecule has 0 aliphatic heterocycles. The standard InChI is InChI=1S/C20H16F3N5O4/c1-2-32-14-9-11(10-4-3-5-12(8-10)19(30,31)20(21,22)23)6-7-13(14)16-24-17-15(18(29)25-16)26-28-27-17/h3-9,30-31H,2H2,1H3,(H2,24,25,26,27,28,29). The highest BCUT2D eigenvalue weighted by molar-refractivity contribution is 5.76. The Bertz CT molecular complexity index is 1350. The van der Waals surface area contributed by atoms with E-state index in [1.807, 2.05) is 0 Å². The second-order valence-corrected chi connectivity index (χ2v) is 6.82. The predicted molar refractivity (Wildman–Crippen MR) is 107 cm³/mol. The van der Waals surface area contributed by atoms with Gasteiger partial charge in [-0.3, -0.25) is 4.79 Å². The number of rotatable bonds is 5. The van der Waals surface area contributed by atoms with Crippen LogP contribution in [0.5, 0.6) is 5.75 Å². The Morgan fingerprint density at radius 3 is 2.56 bits per heavy atom. The Balaban J connectivity index is 1.80. The van der Waals surface area contributed by atoms with Crippen LogP contribution in [0.4, 0.5) is 13.2 Å². The minimum Gasteiger partial charge on any atom is -0.493 e. The lowest BCUT2D eigenvalue weighted by Crippen LogP contribution is -2.42. The van der Waals surface area contributed by atoms with Crippen LogP contribution in [0.2, 0.25) is 0 Å². The van der Waals surface area contributed by atoms with Crippen molar-refractivity contribution in [2.75, 3.05) is 6.61 Å². The normalized spacial score (nSPS) is 12.3. The number of halogens is 3. The van der Waals surface area contributed by atoms with E-state index in [0.29, 0.717) is 22.4 Å². The van der Waals surface area contributed by atoms with E-state index >= 15 is 0 Å². The summed E-state index contributed by atoms with van der Waals surface area (Å²) in [5.41, 5.74) is 0.151. The van der Waals surface area contributed by atoms with Crippen molar-refractivity contribution in [3.05, 3.63) is 58.4 Å². The molecular formula is C20H16F3N5O4. The molecular weight excluding hydrogens is 431 g/mol. The summed E-state index contributed by atoms with van der Waals surface area (Å²) in [7, 11) is 0. The third-order valence-corrected chi connectivity index (χ3v) is 4.73. The Morgan fingerprint density at radius 2 is 1.84 bits per heavy atom. The van der Waals surface area contributed by atoms with Gasteiger partial charge in [-0.25, -0.2) is 10.1 Å². The Kier molecular flexibility index (Phi) is 5.18. The molecule has 0 unspecified atom stereocenters. The molecule has 0 saturated heterocycles. The molecule has 12 heteroatoms. The summed E-state index contributed by atoms with van der Waals surface area (Å²) in [6.45, 7) is 2.00. The van der Waals surface area contributed by atoms with Crippen molar-refractivity contribution in [1.82, 2.24) is 25.4 Å². The number of ether oxygens (including phenoxy) is 1. The largest absolute Gasteiger partial charge is 0.493 e. The van der Waals surface area contributed by atoms with Crippen LogP contribution in [0.1, 0.15) is 12.5 Å². The van der Waals surface area contributed by atoms with Gasteiger partial charge in [-0.2, -0.15) is 13.2 Å². The van der Waals surface area contributed by atoms with Gasteiger partial charge in [0.2, 0.25) is 0 Å². The molecule has 2 aromatic heterocycles. The predicted octanol–water partition coefficient (Wildman–Crippen LogP) is 2.47. The van der Waals surface area contributed by atoms with E-state index in [4.69, 9.17) is 4.74 Å². The van der Waals surface area contributed by atoms with Crippen molar-refractivity contribution in [3.63, 3.8) is 0 Å². The van der Waals surface area contributed by atoms with Gasteiger partial charge in [0.25, 0.3) is 11.3 Å². The second-order valence-electron chi connectivity index (χ2n) is 6.82. The molecule has 0 amide bonds. The number of aliphatic hydroxyl groups is 2. The van der Waals surface area contributed by atoms with Crippen LogP contribution in [-0.2, 0) is 5.79 Å². The number of alkyl halides is 3. The summed E-state index contributed by atoms with van der Waals surface area (Å²) in [5.74, 6) is -3.51. The van der Waals surface area contributed by atoms with Crippen molar-refractivity contribution in [2.45, 2.75) is 18.9 Å². The maximum atomic E-state index is 13.0. The highest BCUT2D eigenvalue weighted by atomic mass is 19.4. The molecule has 0 saturated carbocycles. The molecule has 32 heavy (non-hydrogen) atoms. The fourth-order valence-electron chi connectivity index (χ4n) is 3.14. The van der Waals surface area contributed by atoms with Crippen molar-refractivity contribution in [1.29, 1.82) is 0 Å². The molecule has 2 heterocycles. The van der Waals surface area contributed by atoms with Crippen LogP contribution in [-0.4, -0.2) is 48.4 Å². The number of nitrogens with one attached hydrogen (secondary N) is 2. The summed E-state index contributed by atoms with van der Waals surface area (Å²) >= 11 is 0. The SMILES string of the molecule is CCOc1cc(-c2cccc(C(O)(O)C(F)(F)F)c2)ccc1-c1nc2[nH]nnc2c(=O)[nH]1. The monoisotopic (exact) mass is 447 g/mol. The quantitative estimate of drug-likeness (QED) is 0.345. The molecule has 0 radical (unpaired) electrons. The summed E-state index contributed by atoms with van der Waals surface area (Å²) in [6, 6.07) is 9.51. The van der Waals surface area contributed by atoms with E-state index in [9.17, 15) is 28.2 Å². The zero-order chi connectivity index (χ0) is 23.1. The van der Waals surface area contributed by atoms with Gasteiger partial charge in [0.1, 0.15) is 11.6 Å². The maximum absolute atomic E-state index is 13.0. The van der Waals surface area contributed by atoms with Gasteiger partial charge in [-0.1, -0.05) is 29.5 Å². The van der Waals surface area contributed by atoms with Gasteiger partial charge < -0.3 is 19.9 Å². The van der Waals surface area contributed by atoms with Gasteiger partial charge in [-0.05, 0) is 36.2 Å². The number of fused-ring (bicyclic) bond motifs is 1. The van der Waals surface area contributed by atoms with E-state index in [1.54, 1.807) is 25.1 Å². The number of hydrogen-bond acceptors (Lipinski definition) is 7. The molecule has 9 nitrogen and oxygen atoms in total. The molecule has 166 valence electrons. The van der Waals surface area contributed by atoms with Gasteiger partial charge >= 0.3 is 6.18 Å². The lowest BCUT2D eigenvalue weighted by Gasteiger charge is -2.25. The van der Waals surface area contributed by atoms with Crippen LogP contribution in [0.25, 0.3) is 33.7 Å². The van der Waals surface area contributed by atoms with Crippen LogP contribution in [0.15, 0.2) is 47.3 Å². The number of H-pyrrole nitrogens is 2. The van der Waals surface area contributed by atoms with Gasteiger partial charge in [0, 0.05) is 5.56 Å². The van der Waals surface area contributed by atoms with Crippen molar-refractivity contribution in [2.24, 2.45) is 0 Å². The average molecular weight is 447 g/mol. The molecule has 4 rings (SSSR count). The lowest BCUT2D eigenvalue weighted by molar-refractivity contribution is -0.358. The van der Waals surface area contributed by atoms with E-state index < -0.39 is 23.1 Å². The summed E-state index contributed by atoms with van der Waals surface area (Å²) in [4.78, 5) is 19.1. The first-order chi connectivity index (χ1) is 15.1. The number of benzene rings is 2. The highest BCUT2D eigenvalue weighted by Crippen LogP contribution is 2.39. The molecule has 2 aromatic carbocycles. The molecule has 0 aliphatic rings. The summed E-state index contributed by atoms with van der Waals surface area (Å²) in [5, 5.41) is 28.9. The second kappa shape index (κ2) is 7.73. The van der Waals surface area contributed by atoms with Gasteiger partial charge in [0.05, 0.1) is 12.2 Å². The maximum Gasteiger partial charge on any atom is 0.447 e. The smallest absolute Gasteiger partial charge is 0.447 e. The van der Waals surface area contributed by atoms with Crippen molar-refractivity contribution >= 4 is 11.2 Å². The van der Waals surface area contributed by atoms with Crippen molar-refractivity contribution < 1.29 is 28.1 Å². The van der Waals surface area contributed by atoms with Gasteiger partial charge in [0.15, 0.2) is 11.2 Å². The fourth-order valence-corrected chi connectivity index (χ4v) is 3.14. The topological polar surface area (TPSA) is 137 Å². The molecule has 0 fully saturated rings. The third-order valence-electron chi connectivity index (χ3n) is 4.73. The number of aromatic nitrogens is 5. The molecule has 0 aliphatic carbocycles. The number of nitrogens with zero attached hydrogens (tertiary/aromatic N) is 3. The number of hydrogen-bond donors (Lipinski definition) is 4. The first-order valence-electron chi connectivity index (χ1n) is 9.32. The molecule has 0 atom stereocenters. The van der Waals surface area contributed by atoms with Crippen molar-refractivity contribution in [3.8, 4) is 28.3 Å². The van der Waals surface area contributed by atoms with Gasteiger partial charge in [-0.15, -0.1) is 5.10 Å². The zero-order valence-electron chi connectivity index (χ0n) is 16.4. The van der Waals surface area contributed by atoms with E-state index in [-0.39, 0.29) is 23.6 Å². The van der Waals surface area contributed by atoms with Crippen LogP contribution in [0, 0.1) is 0 Å². The fraction of sp³-hybridized carbons (Fsp3) is 0.200. The van der Waals surface area contributed by atoms with Crippen LogP contribution in [0.3, 0.4) is 0 Å². The third kappa shape index (κ3) is 3.69. The molecule has 4 N–H and O–H groups in total. The van der Waals surface area contributed by atoms with E-state index in [2.05, 4.69) is 25.4 Å². The minimum atomic E-state index is -5.27. The molecule has 0 spiro atoms. The van der Waals surface area contributed by atoms with E-state index in [0.717, 1.165) is 12.1 Å². The van der Waals surface area contributed by atoms with E-state index in [1.165, 1.54) is 12.1 Å². The number of aromatic amines is 2. The van der Waals surface area contributed by atoms with Crippen LogP contribution >= 0.6 is 0 Å². The summed E-state index contributed by atoms with van der Waals surface area (Å²) < 4.78 is 44.7. The first-order valence-corrected chi connectivity index (χ1v) is 9.32. The minimum absolute atomic E-state index is 0.0429. The summed E-state index contributed by atoms with van der Waals surface area (Å²) in [6.07, 6.45) is -5.27. The highest BCUT2D eigenvalue weighted by Gasteiger charge is 2.54. The Hall–Kier alpha value is -3.77.